The van der Waals surface area contributed by atoms with Crippen LogP contribution < -0.4 is 0 Å². The quantitative estimate of drug-likeness (QED) is 0.453. The van der Waals surface area contributed by atoms with Crippen LogP contribution in [0.2, 0.25) is 0 Å². The topological polar surface area (TPSA) is 0 Å². The molecule has 0 spiro atoms. The monoisotopic (exact) mass is 260 g/mol. The first-order valence-corrected chi connectivity index (χ1v) is 8.12. The summed E-state index contributed by atoms with van der Waals surface area (Å²) in [6, 6.07) is 0. The molecular formula is C19H32. The summed E-state index contributed by atoms with van der Waals surface area (Å²) in [4.78, 5) is 0. The van der Waals surface area contributed by atoms with Gasteiger partial charge in [-0.25, -0.2) is 0 Å². The maximum absolute atomic E-state index is 2.41. The molecule has 0 aliphatic heterocycles. The Morgan fingerprint density at radius 1 is 0.947 bits per heavy atom. The molecule has 1 saturated carbocycles. The molecule has 1 aliphatic carbocycles. The van der Waals surface area contributed by atoms with Gasteiger partial charge >= 0.3 is 0 Å². The minimum atomic E-state index is 0.979. The Bertz CT molecular complexity index is 307. The van der Waals surface area contributed by atoms with Crippen molar-refractivity contribution in [2.24, 2.45) is 5.92 Å². The molecule has 0 amide bonds. The standard InChI is InChI=1S/C19H32/c1-17(2)11-10-13-18(3)12-6-4-7-14-19-15-8-5-9-16-19/h4,7,11-12,19H,5-6,8-10,13-16H2,1-3H3. The Morgan fingerprint density at radius 2 is 1.68 bits per heavy atom. The van der Waals surface area contributed by atoms with E-state index in [-0.39, 0.29) is 0 Å². The average Bonchev–Trinajstić information content (AvgIpc) is 2.39. The van der Waals surface area contributed by atoms with Crippen molar-refractivity contribution in [3.05, 3.63) is 35.5 Å². The molecule has 1 rings (SSSR count). The third-order valence-electron chi connectivity index (χ3n) is 4.05. The summed E-state index contributed by atoms with van der Waals surface area (Å²) >= 11 is 0. The van der Waals surface area contributed by atoms with E-state index in [2.05, 4.69) is 45.1 Å². The molecule has 0 aromatic heterocycles. The zero-order valence-corrected chi connectivity index (χ0v) is 13.3. The lowest BCUT2D eigenvalue weighted by Gasteiger charge is -2.19. The molecule has 0 unspecified atom stereocenters. The highest BCUT2D eigenvalue weighted by Gasteiger charge is 2.10. The van der Waals surface area contributed by atoms with Gasteiger partial charge in [-0.3, -0.25) is 0 Å². The molecule has 0 bridgehead atoms. The van der Waals surface area contributed by atoms with Gasteiger partial charge in [0.25, 0.3) is 0 Å². The number of hydrogen-bond acceptors (Lipinski definition) is 0. The van der Waals surface area contributed by atoms with Crippen molar-refractivity contribution in [2.75, 3.05) is 0 Å². The van der Waals surface area contributed by atoms with Gasteiger partial charge in [0, 0.05) is 0 Å². The average molecular weight is 260 g/mol. The van der Waals surface area contributed by atoms with Crippen LogP contribution in [-0.4, -0.2) is 0 Å². The maximum Gasteiger partial charge on any atom is -0.0167 e. The van der Waals surface area contributed by atoms with Gasteiger partial charge < -0.3 is 0 Å². The van der Waals surface area contributed by atoms with E-state index < -0.39 is 0 Å². The molecule has 0 aromatic rings. The predicted molar refractivity (Wildman–Crippen MR) is 87.4 cm³/mol. The second-order valence-corrected chi connectivity index (χ2v) is 6.32. The van der Waals surface area contributed by atoms with E-state index in [1.165, 1.54) is 62.5 Å². The van der Waals surface area contributed by atoms with Crippen LogP contribution in [0.4, 0.5) is 0 Å². The fourth-order valence-electron chi connectivity index (χ4n) is 2.77. The van der Waals surface area contributed by atoms with E-state index >= 15 is 0 Å². The van der Waals surface area contributed by atoms with Crippen molar-refractivity contribution < 1.29 is 0 Å². The van der Waals surface area contributed by atoms with E-state index in [1.807, 2.05) is 0 Å². The van der Waals surface area contributed by atoms with Crippen LogP contribution in [0, 0.1) is 5.92 Å². The van der Waals surface area contributed by atoms with Crippen LogP contribution in [0.3, 0.4) is 0 Å². The Balaban J connectivity index is 2.11. The van der Waals surface area contributed by atoms with Gasteiger partial charge in [-0.1, -0.05) is 67.6 Å². The molecule has 0 heterocycles. The predicted octanol–water partition coefficient (Wildman–Crippen LogP) is 6.60. The molecule has 0 saturated heterocycles. The number of allylic oxidation sites excluding steroid dienone is 6. The number of rotatable bonds is 7. The summed E-state index contributed by atoms with van der Waals surface area (Å²) in [5.74, 6) is 0.979. The Labute approximate surface area is 120 Å². The second-order valence-electron chi connectivity index (χ2n) is 6.32. The van der Waals surface area contributed by atoms with E-state index in [4.69, 9.17) is 0 Å². The van der Waals surface area contributed by atoms with Crippen LogP contribution in [0.5, 0.6) is 0 Å². The fraction of sp³-hybridized carbons (Fsp3) is 0.684. The number of hydrogen-bond donors (Lipinski definition) is 0. The summed E-state index contributed by atoms with van der Waals surface area (Å²) < 4.78 is 0. The molecule has 0 heteroatoms. The second kappa shape index (κ2) is 10.1. The zero-order valence-electron chi connectivity index (χ0n) is 13.3. The Kier molecular flexibility index (Phi) is 8.62. The summed E-state index contributed by atoms with van der Waals surface area (Å²) in [5, 5.41) is 0. The molecule has 108 valence electrons. The van der Waals surface area contributed by atoms with Gasteiger partial charge in [0.2, 0.25) is 0 Å². The fourth-order valence-corrected chi connectivity index (χ4v) is 2.77. The molecular weight excluding hydrogens is 228 g/mol. The Hall–Kier alpha value is -0.780. The van der Waals surface area contributed by atoms with Crippen LogP contribution in [0.1, 0.15) is 78.6 Å². The lowest BCUT2D eigenvalue weighted by Crippen LogP contribution is -2.04. The molecule has 0 radical (unpaired) electrons. The van der Waals surface area contributed by atoms with Gasteiger partial charge in [0.1, 0.15) is 0 Å². The van der Waals surface area contributed by atoms with E-state index in [1.54, 1.807) is 0 Å². The van der Waals surface area contributed by atoms with Gasteiger partial charge in [-0.2, -0.15) is 0 Å². The summed E-state index contributed by atoms with van der Waals surface area (Å²) in [5.41, 5.74) is 2.96. The highest BCUT2D eigenvalue weighted by molar-refractivity contribution is 5.04. The van der Waals surface area contributed by atoms with E-state index in [9.17, 15) is 0 Å². The normalized spacial score (nSPS) is 17.9. The van der Waals surface area contributed by atoms with Crippen molar-refractivity contribution in [1.82, 2.24) is 0 Å². The molecule has 1 aliphatic rings. The summed E-state index contributed by atoms with van der Waals surface area (Å²) in [6.45, 7) is 6.61. The first-order chi connectivity index (χ1) is 9.18. The summed E-state index contributed by atoms with van der Waals surface area (Å²) in [6.07, 6.45) is 21.6. The van der Waals surface area contributed by atoms with Crippen LogP contribution in [0.15, 0.2) is 35.5 Å². The molecule has 0 aromatic carbocycles. The largest absolute Gasteiger partial charge is 0.0880 e. The van der Waals surface area contributed by atoms with Crippen LogP contribution in [0.25, 0.3) is 0 Å². The lowest BCUT2D eigenvalue weighted by molar-refractivity contribution is 0.361. The zero-order chi connectivity index (χ0) is 13.9. The van der Waals surface area contributed by atoms with Crippen molar-refractivity contribution in [1.29, 1.82) is 0 Å². The maximum atomic E-state index is 2.41. The lowest BCUT2D eigenvalue weighted by atomic mass is 9.87. The third-order valence-corrected chi connectivity index (χ3v) is 4.05. The summed E-state index contributed by atoms with van der Waals surface area (Å²) in [7, 11) is 0. The van der Waals surface area contributed by atoms with Crippen LogP contribution >= 0.6 is 0 Å². The van der Waals surface area contributed by atoms with Crippen molar-refractivity contribution >= 4 is 0 Å². The minimum Gasteiger partial charge on any atom is -0.0880 e. The van der Waals surface area contributed by atoms with Gasteiger partial charge in [-0.15, -0.1) is 0 Å². The Morgan fingerprint density at radius 3 is 2.37 bits per heavy atom. The first-order valence-electron chi connectivity index (χ1n) is 8.12. The van der Waals surface area contributed by atoms with Crippen molar-refractivity contribution in [3.63, 3.8) is 0 Å². The SMILES string of the molecule is CC(C)=CCCC(C)=CCC=CCC1CCCCC1. The third kappa shape index (κ3) is 8.86. The molecule has 0 N–H and O–H groups in total. The highest BCUT2D eigenvalue weighted by Crippen LogP contribution is 2.26. The molecule has 0 nitrogen and oxygen atoms in total. The van der Waals surface area contributed by atoms with Crippen LogP contribution in [-0.2, 0) is 0 Å². The molecule has 19 heavy (non-hydrogen) atoms. The smallest absolute Gasteiger partial charge is 0.0167 e. The minimum absolute atomic E-state index is 0.979. The van der Waals surface area contributed by atoms with Crippen molar-refractivity contribution in [2.45, 2.75) is 78.6 Å². The van der Waals surface area contributed by atoms with Gasteiger partial charge in [-0.05, 0) is 52.4 Å². The highest BCUT2D eigenvalue weighted by atomic mass is 14.2. The van der Waals surface area contributed by atoms with Crippen molar-refractivity contribution in [3.8, 4) is 0 Å². The van der Waals surface area contributed by atoms with Gasteiger partial charge in [0.05, 0.1) is 0 Å². The molecule has 0 atom stereocenters. The van der Waals surface area contributed by atoms with E-state index in [0.717, 1.165) is 12.3 Å². The van der Waals surface area contributed by atoms with Gasteiger partial charge in [0.15, 0.2) is 0 Å². The van der Waals surface area contributed by atoms with E-state index in [0.29, 0.717) is 0 Å². The molecule has 1 fully saturated rings. The first kappa shape index (κ1) is 16.3.